The standard InChI is InChI=1S/C17H25NO2/c1-20-15-9-5-8-14(12-15)18-16-10-4-7-13-6-2-3-11-17(13,16)19/h5,8-9,12-13,16,18-19H,2-4,6-7,10-11H2,1H3/t13-,16-,17-/m1/s1. The van der Waals surface area contributed by atoms with Crippen LogP contribution >= 0.6 is 0 Å². The highest BCUT2D eigenvalue weighted by Crippen LogP contribution is 2.44. The highest BCUT2D eigenvalue weighted by atomic mass is 16.5. The van der Waals surface area contributed by atoms with E-state index >= 15 is 0 Å². The third-order valence-electron chi connectivity index (χ3n) is 5.15. The molecule has 0 unspecified atom stereocenters. The maximum Gasteiger partial charge on any atom is 0.120 e. The van der Waals surface area contributed by atoms with Gasteiger partial charge in [0.2, 0.25) is 0 Å². The predicted molar refractivity (Wildman–Crippen MR) is 81.2 cm³/mol. The summed E-state index contributed by atoms with van der Waals surface area (Å²) in [5, 5.41) is 14.7. The van der Waals surface area contributed by atoms with Crippen LogP contribution in [0.4, 0.5) is 5.69 Å². The molecule has 20 heavy (non-hydrogen) atoms. The molecule has 0 spiro atoms. The number of ether oxygens (including phenoxy) is 1. The third kappa shape index (κ3) is 2.51. The molecule has 0 amide bonds. The molecule has 2 N–H and O–H groups in total. The van der Waals surface area contributed by atoms with Crippen LogP contribution in [0.1, 0.15) is 44.9 Å². The summed E-state index contributed by atoms with van der Waals surface area (Å²) in [6, 6.07) is 8.18. The summed E-state index contributed by atoms with van der Waals surface area (Å²) >= 11 is 0. The van der Waals surface area contributed by atoms with Crippen molar-refractivity contribution in [1.29, 1.82) is 0 Å². The van der Waals surface area contributed by atoms with Crippen LogP contribution in [0.3, 0.4) is 0 Å². The topological polar surface area (TPSA) is 41.5 Å². The van der Waals surface area contributed by atoms with Crippen LogP contribution in [0.2, 0.25) is 0 Å². The molecule has 0 aromatic heterocycles. The van der Waals surface area contributed by atoms with Gasteiger partial charge in [-0.15, -0.1) is 0 Å². The van der Waals surface area contributed by atoms with Gasteiger partial charge in [0.15, 0.2) is 0 Å². The zero-order chi connectivity index (χ0) is 14.0. The van der Waals surface area contributed by atoms with Crippen molar-refractivity contribution in [2.75, 3.05) is 12.4 Å². The molecular weight excluding hydrogens is 250 g/mol. The molecule has 2 saturated carbocycles. The summed E-state index contributed by atoms with van der Waals surface area (Å²) in [7, 11) is 1.68. The molecule has 2 aliphatic carbocycles. The van der Waals surface area contributed by atoms with E-state index in [1.807, 2.05) is 18.2 Å². The van der Waals surface area contributed by atoms with Gasteiger partial charge in [-0.1, -0.05) is 25.3 Å². The monoisotopic (exact) mass is 275 g/mol. The molecule has 2 aliphatic rings. The Labute approximate surface area is 121 Å². The molecule has 1 aromatic carbocycles. The van der Waals surface area contributed by atoms with Gasteiger partial charge in [-0.3, -0.25) is 0 Å². The quantitative estimate of drug-likeness (QED) is 0.886. The van der Waals surface area contributed by atoms with E-state index in [2.05, 4.69) is 11.4 Å². The summed E-state index contributed by atoms with van der Waals surface area (Å²) in [5.41, 5.74) is 0.536. The predicted octanol–water partition coefficient (Wildman–Crippen LogP) is 3.58. The van der Waals surface area contributed by atoms with Crippen LogP contribution < -0.4 is 10.1 Å². The Balaban J connectivity index is 1.77. The number of benzene rings is 1. The minimum absolute atomic E-state index is 0.175. The molecule has 2 fully saturated rings. The van der Waals surface area contributed by atoms with Gasteiger partial charge in [0, 0.05) is 11.8 Å². The fourth-order valence-corrected chi connectivity index (χ4v) is 4.04. The number of fused-ring (bicyclic) bond motifs is 1. The summed E-state index contributed by atoms with van der Waals surface area (Å²) in [6.45, 7) is 0. The Bertz CT molecular complexity index is 460. The summed E-state index contributed by atoms with van der Waals surface area (Å²) in [4.78, 5) is 0. The Morgan fingerprint density at radius 2 is 2.05 bits per heavy atom. The molecule has 3 nitrogen and oxygen atoms in total. The van der Waals surface area contributed by atoms with Crippen molar-refractivity contribution in [2.45, 2.75) is 56.6 Å². The van der Waals surface area contributed by atoms with E-state index in [4.69, 9.17) is 4.74 Å². The fraction of sp³-hybridized carbons (Fsp3) is 0.647. The van der Waals surface area contributed by atoms with Crippen molar-refractivity contribution < 1.29 is 9.84 Å². The largest absolute Gasteiger partial charge is 0.497 e. The second-order valence-electron chi connectivity index (χ2n) is 6.29. The van der Waals surface area contributed by atoms with Crippen molar-refractivity contribution in [3.05, 3.63) is 24.3 Å². The molecule has 3 rings (SSSR count). The summed E-state index contributed by atoms with van der Waals surface area (Å²) in [5.74, 6) is 1.34. The van der Waals surface area contributed by atoms with Gasteiger partial charge in [0.25, 0.3) is 0 Å². The average molecular weight is 275 g/mol. The van der Waals surface area contributed by atoms with Crippen LogP contribution in [0.25, 0.3) is 0 Å². The second kappa shape index (κ2) is 5.65. The van der Waals surface area contributed by atoms with Gasteiger partial charge in [0.1, 0.15) is 5.75 Å². The number of rotatable bonds is 3. The number of hydrogen-bond donors (Lipinski definition) is 2. The van der Waals surface area contributed by atoms with Gasteiger partial charge in [-0.2, -0.15) is 0 Å². The van der Waals surface area contributed by atoms with E-state index in [-0.39, 0.29) is 6.04 Å². The second-order valence-corrected chi connectivity index (χ2v) is 6.29. The van der Waals surface area contributed by atoms with E-state index < -0.39 is 5.60 Å². The highest BCUT2D eigenvalue weighted by Gasteiger charge is 2.47. The normalized spacial score (nSPS) is 33.3. The van der Waals surface area contributed by atoms with Gasteiger partial charge < -0.3 is 15.2 Å². The zero-order valence-electron chi connectivity index (χ0n) is 12.3. The molecule has 0 bridgehead atoms. The summed E-state index contributed by atoms with van der Waals surface area (Å²) in [6.07, 6.45) is 8.03. The first kappa shape index (κ1) is 13.7. The van der Waals surface area contributed by atoms with E-state index in [1.165, 1.54) is 25.7 Å². The Hall–Kier alpha value is -1.22. The van der Waals surface area contributed by atoms with Crippen LogP contribution in [0, 0.1) is 5.92 Å². The summed E-state index contributed by atoms with van der Waals surface area (Å²) < 4.78 is 5.27. The van der Waals surface area contributed by atoms with Crippen molar-refractivity contribution in [2.24, 2.45) is 5.92 Å². The molecule has 1 aromatic rings. The lowest BCUT2D eigenvalue weighted by atomic mass is 9.65. The first-order valence-electron chi connectivity index (χ1n) is 7.85. The van der Waals surface area contributed by atoms with Crippen molar-refractivity contribution in [3.63, 3.8) is 0 Å². The van der Waals surface area contributed by atoms with Crippen molar-refractivity contribution in [1.82, 2.24) is 0 Å². The van der Waals surface area contributed by atoms with Gasteiger partial charge in [0.05, 0.1) is 18.8 Å². The molecule has 3 heteroatoms. The average Bonchev–Trinajstić information content (AvgIpc) is 2.48. The number of methoxy groups -OCH3 is 1. The van der Waals surface area contributed by atoms with Crippen LogP contribution in [-0.2, 0) is 0 Å². The van der Waals surface area contributed by atoms with E-state index in [0.29, 0.717) is 5.92 Å². The van der Waals surface area contributed by atoms with E-state index in [0.717, 1.165) is 30.7 Å². The van der Waals surface area contributed by atoms with E-state index in [9.17, 15) is 5.11 Å². The molecule has 3 atom stereocenters. The van der Waals surface area contributed by atoms with E-state index in [1.54, 1.807) is 7.11 Å². The Morgan fingerprint density at radius 3 is 2.90 bits per heavy atom. The first-order chi connectivity index (χ1) is 9.72. The van der Waals surface area contributed by atoms with Crippen LogP contribution in [-0.4, -0.2) is 23.9 Å². The highest BCUT2D eigenvalue weighted by molar-refractivity contribution is 5.49. The molecule has 0 saturated heterocycles. The molecular formula is C17H25NO2. The number of nitrogens with one attached hydrogen (secondary N) is 1. The minimum Gasteiger partial charge on any atom is -0.497 e. The maximum absolute atomic E-state index is 11.1. The fourth-order valence-electron chi connectivity index (χ4n) is 4.04. The lowest BCUT2D eigenvalue weighted by Gasteiger charge is -2.49. The van der Waals surface area contributed by atoms with Crippen molar-refractivity contribution >= 4 is 5.69 Å². The zero-order valence-corrected chi connectivity index (χ0v) is 12.3. The maximum atomic E-state index is 11.1. The molecule has 0 radical (unpaired) electrons. The third-order valence-corrected chi connectivity index (χ3v) is 5.15. The molecule has 0 heterocycles. The van der Waals surface area contributed by atoms with Gasteiger partial charge in [-0.25, -0.2) is 0 Å². The number of anilines is 1. The smallest absolute Gasteiger partial charge is 0.120 e. The Morgan fingerprint density at radius 1 is 1.20 bits per heavy atom. The molecule has 110 valence electrons. The van der Waals surface area contributed by atoms with Crippen molar-refractivity contribution in [3.8, 4) is 5.75 Å². The molecule has 0 aliphatic heterocycles. The lowest BCUT2D eigenvalue weighted by Crippen LogP contribution is -2.56. The van der Waals surface area contributed by atoms with Crippen LogP contribution in [0.15, 0.2) is 24.3 Å². The number of hydrogen-bond acceptors (Lipinski definition) is 3. The van der Waals surface area contributed by atoms with Gasteiger partial charge in [-0.05, 0) is 43.7 Å². The lowest BCUT2D eigenvalue weighted by molar-refractivity contribution is -0.0835. The van der Waals surface area contributed by atoms with Gasteiger partial charge >= 0.3 is 0 Å². The van der Waals surface area contributed by atoms with Crippen LogP contribution in [0.5, 0.6) is 5.75 Å². The SMILES string of the molecule is COc1cccc(N[C@@H]2CCC[C@H]3CCCC[C@@]32O)c1. The minimum atomic E-state index is -0.514. The Kier molecular flexibility index (Phi) is 3.88. The first-order valence-corrected chi connectivity index (χ1v) is 7.85. The number of aliphatic hydroxyl groups is 1.